The van der Waals surface area contributed by atoms with Gasteiger partial charge in [-0.3, -0.25) is 0 Å². The van der Waals surface area contributed by atoms with Crippen molar-refractivity contribution in [3.63, 3.8) is 0 Å². The van der Waals surface area contributed by atoms with Crippen LogP contribution in [-0.2, 0) is 41.8 Å². The number of nitrogens with zero attached hydrogens (tertiary/aromatic N) is 4. The third-order valence-corrected chi connectivity index (χ3v) is 20.1. The molecule has 0 aromatic heterocycles. The zero-order valence-electron chi connectivity index (χ0n) is 37.9. The first-order valence-corrected chi connectivity index (χ1v) is 30.6. The van der Waals surface area contributed by atoms with Gasteiger partial charge in [-0.15, -0.1) is 22.7 Å². The van der Waals surface area contributed by atoms with E-state index in [-0.39, 0.29) is 33.6 Å². The Morgan fingerprint density at radius 1 is 0.286 bits per heavy atom. The monoisotopic (exact) mass is 914 g/mol. The van der Waals surface area contributed by atoms with Gasteiger partial charge in [0.15, 0.2) is 0 Å². The van der Waals surface area contributed by atoms with E-state index in [4.69, 9.17) is 28.2 Å². The second-order valence-corrected chi connectivity index (χ2v) is 31.5. The quantitative estimate of drug-likeness (QED) is 0.133. The molecule has 0 N–H and O–H groups in total. The van der Waals surface area contributed by atoms with Crippen LogP contribution in [0.3, 0.4) is 0 Å². The normalized spacial score (nSPS) is 11.8. The van der Waals surface area contributed by atoms with Crippen LogP contribution in [0.25, 0.3) is 19.9 Å². The minimum atomic E-state index is -2.27. The summed E-state index contributed by atoms with van der Waals surface area (Å²) >= 11 is 0. The van der Waals surface area contributed by atoms with Crippen LogP contribution in [-0.4, -0.2) is 33.9 Å². The maximum atomic E-state index is 6.66. The predicted molar refractivity (Wildman–Crippen MR) is 247 cm³/mol. The maximum Gasteiger partial charge on any atom is 2.00 e. The molecule has 0 saturated heterocycles. The molecule has 0 spiro atoms. The Bertz CT molecular complexity index is 1610. The summed E-state index contributed by atoms with van der Waals surface area (Å²) in [4.78, 5) is 20.4. The first-order valence-electron chi connectivity index (χ1n) is 19.2. The molecule has 0 aliphatic rings. The van der Waals surface area contributed by atoms with Crippen molar-refractivity contribution >= 4 is 56.7 Å². The Hall–Kier alpha value is -2.12. The molecule has 0 aliphatic heterocycles. The predicted octanol–water partition coefficient (Wildman–Crippen LogP) is 15.3. The molecule has 4 aromatic rings. The molecule has 310 valence electrons. The van der Waals surface area contributed by atoms with Crippen LogP contribution in [0.5, 0.6) is 0 Å². The van der Waals surface area contributed by atoms with E-state index >= 15 is 0 Å². The summed E-state index contributed by atoms with van der Waals surface area (Å²) in [7, 11) is -9.07. The van der Waals surface area contributed by atoms with Crippen LogP contribution in [0.4, 0.5) is 22.7 Å². The largest absolute Gasteiger partial charge is 2.00 e. The van der Waals surface area contributed by atoms with Crippen LogP contribution in [0.15, 0.2) is 48.5 Å². The fraction of sp³-hybridized carbons (Fsp3) is 0.455. The molecular formula is C44H68Co2N4O2Si4. The molecule has 2 radical (unpaired) electrons. The summed E-state index contributed by atoms with van der Waals surface area (Å²) in [5.74, 6) is 0. The molecule has 0 amide bonds. The summed E-state index contributed by atoms with van der Waals surface area (Å²) in [5.41, 5.74) is 19.2. The van der Waals surface area contributed by atoms with E-state index in [9.17, 15) is 0 Å². The average Bonchev–Trinajstić information content (AvgIpc) is 2.96. The molecule has 4 rings (SSSR count). The molecule has 12 heteroatoms. The first-order chi connectivity index (χ1) is 24.6. The Morgan fingerprint density at radius 2 is 0.411 bits per heavy atom. The topological polar surface area (TPSA) is 74.9 Å². The van der Waals surface area contributed by atoms with Gasteiger partial charge in [0.1, 0.15) is 0 Å². The van der Waals surface area contributed by atoms with Crippen LogP contribution in [0.2, 0.25) is 52.4 Å². The van der Waals surface area contributed by atoms with Gasteiger partial charge in [0.25, 0.3) is 0 Å². The SMILES string of the molecule is Cc1cc(C)c([N-][Si](C)(C)O[Si](C)(C)[N-]c2c(C)cc(C)cc2C)c(C)c1.Cc1cc(C)c([N-][Si](C)(C)O[Si](C)(C)[N-]c2c(C)cc(C)cc2C)c(C)c1.[Co+2].[Co+2]. The van der Waals surface area contributed by atoms with Gasteiger partial charge in [-0.25, -0.2) is 0 Å². The second-order valence-electron chi connectivity index (χ2n) is 17.4. The number of rotatable bonds is 12. The summed E-state index contributed by atoms with van der Waals surface area (Å²) in [6, 6.07) is 17.6. The Kier molecular flexibility index (Phi) is 18.7. The van der Waals surface area contributed by atoms with E-state index in [2.05, 4.69) is 184 Å². The van der Waals surface area contributed by atoms with Crippen molar-refractivity contribution in [2.24, 2.45) is 0 Å². The van der Waals surface area contributed by atoms with Crippen molar-refractivity contribution in [2.45, 2.75) is 135 Å². The van der Waals surface area contributed by atoms with E-state index in [1.165, 1.54) is 66.8 Å². The molecule has 4 aromatic carbocycles. The minimum Gasteiger partial charge on any atom is -0.666 e. The second kappa shape index (κ2) is 20.2. The Morgan fingerprint density at radius 3 is 0.536 bits per heavy atom. The Labute approximate surface area is 366 Å². The average molecular weight is 915 g/mol. The van der Waals surface area contributed by atoms with E-state index in [0.29, 0.717) is 0 Å². The molecule has 0 bridgehead atoms. The van der Waals surface area contributed by atoms with Gasteiger partial charge >= 0.3 is 33.6 Å². The summed E-state index contributed by atoms with van der Waals surface area (Å²) in [6.07, 6.45) is 0. The van der Waals surface area contributed by atoms with Crippen molar-refractivity contribution in [1.29, 1.82) is 0 Å². The number of hydrogen-bond acceptors (Lipinski definition) is 2. The van der Waals surface area contributed by atoms with Crippen molar-refractivity contribution in [2.75, 3.05) is 0 Å². The van der Waals surface area contributed by atoms with Gasteiger partial charge in [0.05, 0.1) is 33.9 Å². The van der Waals surface area contributed by atoms with Crippen molar-refractivity contribution in [3.05, 3.63) is 135 Å². The molecule has 0 atom stereocenters. The van der Waals surface area contributed by atoms with Gasteiger partial charge < -0.3 is 28.2 Å². The number of benzene rings is 4. The van der Waals surface area contributed by atoms with Gasteiger partial charge in [0.2, 0.25) is 0 Å². The van der Waals surface area contributed by atoms with Crippen molar-refractivity contribution in [1.82, 2.24) is 0 Å². The fourth-order valence-corrected chi connectivity index (χ4v) is 21.9. The van der Waals surface area contributed by atoms with Crippen molar-refractivity contribution < 1.29 is 41.8 Å². The Balaban J connectivity index is 0.000000541. The summed E-state index contributed by atoms with van der Waals surface area (Å²) in [6.45, 7) is 43.0. The summed E-state index contributed by atoms with van der Waals surface area (Å²) < 4.78 is 13.3. The third kappa shape index (κ3) is 15.2. The smallest absolute Gasteiger partial charge is 0.666 e. The standard InChI is InChI=1S/2C22H34N2OSi2.2Co/c2*1-15-11-17(3)21(18(4)12-15)23-26(7,8)25-27(9,10)24-22-19(5)13-16(2)14-20(22)6;;/h2*11-14H,1-10H3;;/q2*-2;2*+2. The molecular weight excluding hydrogens is 847 g/mol. The molecule has 0 heterocycles. The van der Waals surface area contributed by atoms with Crippen LogP contribution in [0, 0.1) is 83.1 Å². The number of hydrogen-bond donors (Lipinski definition) is 0. The fourth-order valence-electron chi connectivity index (χ4n) is 7.79. The van der Waals surface area contributed by atoms with E-state index in [1.54, 1.807) is 0 Å². The van der Waals surface area contributed by atoms with Gasteiger partial charge in [0, 0.05) is 0 Å². The molecule has 0 aliphatic carbocycles. The van der Waals surface area contributed by atoms with Gasteiger partial charge in [-0.05, 0) is 83.1 Å². The third-order valence-electron chi connectivity index (χ3n) is 9.06. The summed E-state index contributed by atoms with van der Waals surface area (Å²) in [5, 5.41) is 0. The van der Waals surface area contributed by atoms with Crippen LogP contribution < -0.4 is 0 Å². The van der Waals surface area contributed by atoms with E-state index in [0.717, 1.165) is 22.7 Å². The first kappa shape index (κ1) is 51.9. The molecule has 6 nitrogen and oxygen atoms in total. The zero-order valence-corrected chi connectivity index (χ0v) is 44.0. The molecule has 0 fully saturated rings. The van der Waals surface area contributed by atoms with E-state index < -0.39 is 33.9 Å². The van der Waals surface area contributed by atoms with Crippen LogP contribution in [0.1, 0.15) is 66.8 Å². The zero-order chi connectivity index (χ0) is 41.1. The number of aryl methyl sites for hydroxylation is 12. The van der Waals surface area contributed by atoms with E-state index in [1.807, 2.05) is 0 Å². The van der Waals surface area contributed by atoms with Gasteiger partial charge in [-0.2, -0.15) is 0 Å². The maximum absolute atomic E-state index is 6.66. The van der Waals surface area contributed by atoms with Crippen LogP contribution >= 0.6 is 0 Å². The molecule has 56 heavy (non-hydrogen) atoms. The van der Waals surface area contributed by atoms with Gasteiger partial charge in [-0.1, -0.05) is 168 Å². The molecule has 0 unspecified atom stereocenters. The molecule has 0 saturated carbocycles. The minimum absolute atomic E-state index is 0. The van der Waals surface area contributed by atoms with Crippen molar-refractivity contribution in [3.8, 4) is 0 Å².